The quantitative estimate of drug-likeness (QED) is 0.696. The third-order valence-corrected chi connectivity index (χ3v) is 4.36. The molecular formula is C21H24N2O2. The number of nitrogens with one attached hydrogen (secondary N) is 1. The SMILES string of the molecule is Cc1ccc2oc(CCCC(=O)NC[C@H](C)c3ccccc3)nc2c1. The number of aromatic nitrogens is 1. The monoisotopic (exact) mass is 336 g/mol. The van der Waals surface area contributed by atoms with Gasteiger partial charge in [-0.25, -0.2) is 4.98 Å². The van der Waals surface area contributed by atoms with E-state index in [1.54, 1.807) is 0 Å². The maximum Gasteiger partial charge on any atom is 0.220 e. The normalized spacial score (nSPS) is 12.2. The highest BCUT2D eigenvalue weighted by molar-refractivity contribution is 5.76. The number of carbonyl (C=O) groups is 1. The Hall–Kier alpha value is -2.62. The molecule has 1 N–H and O–H groups in total. The summed E-state index contributed by atoms with van der Waals surface area (Å²) in [6, 6.07) is 16.2. The van der Waals surface area contributed by atoms with E-state index in [0.29, 0.717) is 31.2 Å². The summed E-state index contributed by atoms with van der Waals surface area (Å²) in [6.07, 6.45) is 1.89. The fourth-order valence-electron chi connectivity index (χ4n) is 2.85. The van der Waals surface area contributed by atoms with E-state index in [-0.39, 0.29) is 5.91 Å². The van der Waals surface area contributed by atoms with Crippen LogP contribution >= 0.6 is 0 Å². The molecule has 1 aromatic heterocycles. The zero-order chi connectivity index (χ0) is 17.6. The molecule has 0 fully saturated rings. The van der Waals surface area contributed by atoms with Crippen molar-refractivity contribution in [3.8, 4) is 0 Å². The van der Waals surface area contributed by atoms with Gasteiger partial charge in [0, 0.05) is 19.4 Å². The number of amides is 1. The van der Waals surface area contributed by atoms with Crippen molar-refractivity contribution < 1.29 is 9.21 Å². The summed E-state index contributed by atoms with van der Waals surface area (Å²) in [5.74, 6) is 1.09. The van der Waals surface area contributed by atoms with Crippen LogP contribution in [0.2, 0.25) is 0 Å². The second-order valence-corrected chi connectivity index (χ2v) is 6.55. The molecule has 1 atom stereocenters. The number of hydrogen-bond acceptors (Lipinski definition) is 3. The van der Waals surface area contributed by atoms with Gasteiger partial charge in [-0.05, 0) is 42.5 Å². The first kappa shape index (κ1) is 17.2. The van der Waals surface area contributed by atoms with E-state index in [1.165, 1.54) is 11.1 Å². The summed E-state index contributed by atoms with van der Waals surface area (Å²) in [5, 5.41) is 3.01. The molecule has 0 saturated carbocycles. The second-order valence-electron chi connectivity index (χ2n) is 6.55. The van der Waals surface area contributed by atoms with Gasteiger partial charge in [-0.15, -0.1) is 0 Å². The van der Waals surface area contributed by atoms with Gasteiger partial charge in [0.05, 0.1) is 0 Å². The van der Waals surface area contributed by atoms with Crippen LogP contribution in [0.15, 0.2) is 52.9 Å². The van der Waals surface area contributed by atoms with Crippen molar-refractivity contribution in [1.82, 2.24) is 10.3 Å². The van der Waals surface area contributed by atoms with Gasteiger partial charge >= 0.3 is 0 Å². The minimum atomic E-state index is 0.0785. The zero-order valence-corrected chi connectivity index (χ0v) is 14.8. The van der Waals surface area contributed by atoms with Gasteiger partial charge < -0.3 is 9.73 Å². The van der Waals surface area contributed by atoms with Gasteiger partial charge in [-0.2, -0.15) is 0 Å². The number of hydrogen-bond donors (Lipinski definition) is 1. The molecule has 4 heteroatoms. The third-order valence-electron chi connectivity index (χ3n) is 4.36. The highest BCUT2D eigenvalue weighted by Gasteiger charge is 2.09. The van der Waals surface area contributed by atoms with Gasteiger partial charge in [0.15, 0.2) is 11.5 Å². The molecule has 3 aromatic rings. The number of benzene rings is 2. The number of aryl methyl sites for hydroxylation is 2. The van der Waals surface area contributed by atoms with Crippen LogP contribution in [0.1, 0.15) is 42.7 Å². The minimum Gasteiger partial charge on any atom is -0.441 e. The van der Waals surface area contributed by atoms with Gasteiger partial charge in [0.2, 0.25) is 5.91 Å². The van der Waals surface area contributed by atoms with E-state index < -0.39 is 0 Å². The summed E-state index contributed by atoms with van der Waals surface area (Å²) in [7, 11) is 0. The molecule has 0 spiro atoms. The topological polar surface area (TPSA) is 55.1 Å². The predicted molar refractivity (Wildman–Crippen MR) is 99.6 cm³/mol. The fraction of sp³-hybridized carbons (Fsp3) is 0.333. The standard InChI is InChI=1S/C21H24N2O2/c1-15-11-12-19-18(13-15)23-21(25-19)10-6-9-20(24)22-14-16(2)17-7-4-3-5-8-17/h3-5,7-8,11-13,16H,6,9-10,14H2,1-2H3,(H,22,24)/t16-/m0/s1. The maximum atomic E-state index is 12.0. The van der Waals surface area contributed by atoms with Crippen molar-refractivity contribution in [3.05, 3.63) is 65.5 Å². The molecule has 0 aliphatic carbocycles. The van der Waals surface area contributed by atoms with E-state index in [0.717, 1.165) is 17.5 Å². The average molecular weight is 336 g/mol. The van der Waals surface area contributed by atoms with Crippen molar-refractivity contribution in [2.45, 2.75) is 39.0 Å². The van der Waals surface area contributed by atoms with Gasteiger partial charge in [-0.1, -0.05) is 43.3 Å². The summed E-state index contributed by atoms with van der Waals surface area (Å²) in [6.45, 7) is 4.81. The van der Waals surface area contributed by atoms with Crippen LogP contribution in [0.5, 0.6) is 0 Å². The molecule has 0 radical (unpaired) electrons. The van der Waals surface area contributed by atoms with Crippen LogP contribution in [0.4, 0.5) is 0 Å². The maximum absolute atomic E-state index is 12.0. The van der Waals surface area contributed by atoms with Crippen molar-refractivity contribution in [2.24, 2.45) is 0 Å². The summed E-state index contributed by atoms with van der Waals surface area (Å²) in [4.78, 5) is 16.5. The largest absolute Gasteiger partial charge is 0.441 e. The molecule has 25 heavy (non-hydrogen) atoms. The van der Waals surface area contributed by atoms with Crippen molar-refractivity contribution in [1.29, 1.82) is 0 Å². The molecule has 0 unspecified atom stereocenters. The number of oxazole rings is 1. The molecule has 0 saturated heterocycles. The van der Waals surface area contributed by atoms with Crippen molar-refractivity contribution >= 4 is 17.0 Å². The smallest absolute Gasteiger partial charge is 0.220 e. The van der Waals surface area contributed by atoms with Crippen molar-refractivity contribution in [3.63, 3.8) is 0 Å². The third kappa shape index (κ3) is 4.69. The molecule has 2 aromatic carbocycles. The summed E-state index contributed by atoms with van der Waals surface area (Å²) >= 11 is 0. The van der Waals surface area contributed by atoms with Crippen LogP contribution < -0.4 is 5.32 Å². The lowest BCUT2D eigenvalue weighted by Gasteiger charge is -2.12. The zero-order valence-electron chi connectivity index (χ0n) is 14.8. The van der Waals surface area contributed by atoms with E-state index in [2.05, 4.69) is 29.4 Å². The van der Waals surface area contributed by atoms with E-state index in [1.807, 2.05) is 43.3 Å². The Labute approximate surface area is 148 Å². The molecule has 4 nitrogen and oxygen atoms in total. The minimum absolute atomic E-state index is 0.0785. The summed E-state index contributed by atoms with van der Waals surface area (Å²) < 4.78 is 5.72. The molecule has 1 amide bonds. The highest BCUT2D eigenvalue weighted by atomic mass is 16.3. The summed E-state index contributed by atoms with van der Waals surface area (Å²) in [5.41, 5.74) is 4.10. The van der Waals surface area contributed by atoms with Gasteiger partial charge in [0.1, 0.15) is 5.52 Å². The molecule has 3 rings (SSSR count). The number of rotatable bonds is 7. The number of nitrogens with zero attached hydrogens (tertiary/aromatic N) is 1. The molecule has 0 aliphatic rings. The molecule has 130 valence electrons. The Morgan fingerprint density at radius 3 is 2.80 bits per heavy atom. The highest BCUT2D eigenvalue weighted by Crippen LogP contribution is 2.18. The lowest BCUT2D eigenvalue weighted by atomic mass is 10.0. The van der Waals surface area contributed by atoms with Crippen LogP contribution in [0, 0.1) is 6.92 Å². The van der Waals surface area contributed by atoms with Crippen LogP contribution in [0.3, 0.4) is 0 Å². The van der Waals surface area contributed by atoms with Crippen LogP contribution in [-0.4, -0.2) is 17.4 Å². The second kappa shape index (κ2) is 7.97. The first-order valence-electron chi connectivity index (χ1n) is 8.79. The number of fused-ring (bicyclic) bond motifs is 1. The van der Waals surface area contributed by atoms with Gasteiger partial charge in [-0.3, -0.25) is 4.79 Å². The van der Waals surface area contributed by atoms with E-state index in [9.17, 15) is 4.79 Å². The lowest BCUT2D eigenvalue weighted by molar-refractivity contribution is -0.121. The molecular weight excluding hydrogens is 312 g/mol. The van der Waals surface area contributed by atoms with Crippen molar-refractivity contribution in [2.75, 3.05) is 6.54 Å². The Morgan fingerprint density at radius 2 is 2.00 bits per heavy atom. The van der Waals surface area contributed by atoms with Crippen LogP contribution in [-0.2, 0) is 11.2 Å². The molecule has 0 aliphatic heterocycles. The Bertz CT molecular complexity index is 839. The lowest BCUT2D eigenvalue weighted by Crippen LogP contribution is -2.27. The first-order valence-corrected chi connectivity index (χ1v) is 8.79. The van der Waals surface area contributed by atoms with E-state index in [4.69, 9.17) is 4.42 Å². The van der Waals surface area contributed by atoms with Crippen LogP contribution in [0.25, 0.3) is 11.1 Å². The Kier molecular flexibility index (Phi) is 5.49. The molecule has 0 bridgehead atoms. The molecule has 1 heterocycles. The fourth-order valence-corrected chi connectivity index (χ4v) is 2.85. The first-order chi connectivity index (χ1) is 12.1. The predicted octanol–water partition coefficient (Wildman–Crippen LogP) is 4.38. The Balaban J connectivity index is 1.42. The number of carbonyl (C=O) groups excluding carboxylic acids is 1. The Morgan fingerprint density at radius 1 is 1.20 bits per heavy atom. The van der Waals surface area contributed by atoms with E-state index >= 15 is 0 Å². The van der Waals surface area contributed by atoms with Gasteiger partial charge in [0.25, 0.3) is 0 Å². The average Bonchev–Trinajstić information content (AvgIpc) is 3.02.